The van der Waals surface area contributed by atoms with Crippen molar-refractivity contribution in [2.75, 3.05) is 13.1 Å². The first-order valence-electron chi connectivity index (χ1n) is 6.79. The van der Waals surface area contributed by atoms with Gasteiger partial charge in [-0.25, -0.2) is 8.78 Å². The smallest absolute Gasteiger partial charge is 0.126 e. The molecule has 3 heteroatoms. The molecule has 1 aromatic rings. The lowest BCUT2D eigenvalue weighted by Gasteiger charge is -2.19. The largest absolute Gasteiger partial charge is 0.316 e. The molecule has 1 fully saturated rings. The molecule has 1 aliphatic carbocycles. The van der Waals surface area contributed by atoms with Crippen LogP contribution in [0, 0.1) is 17.6 Å². The van der Waals surface area contributed by atoms with Crippen molar-refractivity contribution in [2.45, 2.75) is 38.5 Å². The Morgan fingerprint density at radius 2 is 1.89 bits per heavy atom. The number of halogens is 2. The molecule has 1 N–H and O–H groups in total. The molecule has 100 valence electrons. The molecule has 1 aliphatic rings. The van der Waals surface area contributed by atoms with E-state index in [1.807, 2.05) is 0 Å². The van der Waals surface area contributed by atoms with E-state index in [2.05, 4.69) is 19.2 Å². The van der Waals surface area contributed by atoms with Gasteiger partial charge < -0.3 is 5.32 Å². The van der Waals surface area contributed by atoms with Gasteiger partial charge in [0.15, 0.2) is 0 Å². The molecule has 0 saturated heterocycles. The van der Waals surface area contributed by atoms with Crippen molar-refractivity contribution in [3.05, 3.63) is 35.4 Å². The van der Waals surface area contributed by atoms with Gasteiger partial charge in [0.25, 0.3) is 0 Å². The second-order valence-corrected chi connectivity index (χ2v) is 5.30. The summed E-state index contributed by atoms with van der Waals surface area (Å²) >= 11 is 0. The lowest BCUT2D eigenvalue weighted by Crippen LogP contribution is -2.29. The van der Waals surface area contributed by atoms with Gasteiger partial charge in [-0.2, -0.15) is 0 Å². The van der Waals surface area contributed by atoms with Crippen LogP contribution < -0.4 is 5.32 Å². The van der Waals surface area contributed by atoms with Crippen molar-refractivity contribution in [3.63, 3.8) is 0 Å². The minimum absolute atomic E-state index is 0.0487. The van der Waals surface area contributed by atoms with Gasteiger partial charge in [0.05, 0.1) is 0 Å². The maximum Gasteiger partial charge on any atom is 0.126 e. The minimum atomic E-state index is -0.471. The van der Waals surface area contributed by atoms with Crippen molar-refractivity contribution in [1.29, 1.82) is 0 Å². The van der Waals surface area contributed by atoms with Gasteiger partial charge in [-0.05, 0) is 43.0 Å². The highest BCUT2D eigenvalue weighted by Gasteiger charge is 2.53. The zero-order valence-electron chi connectivity index (χ0n) is 11.1. The number of hydrogen-bond acceptors (Lipinski definition) is 1. The number of rotatable bonds is 6. The second-order valence-electron chi connectivity index (χ2n) is 5.30. The van der Waals surface area contributed by atoms with Crippen LogP contribution in [-0.4, -0.2) is 13.1 Å². The molecule has 2 rings (SSSR count). The van der Waals surface area contributed by atoms with Gasteiger partial charge in [-0.3, -0.25) is 0 Å². The average Bonchev–Trinajstić information content (AvgIpc) is 3.03. The summed E-state index contributed by atoms with van der Waals surface area (Å²) in [4.78, 5) is 0. The monoisotopic (exact) mass is 253 g/mol. The quantitative estimate of drug-likeness (QED) is 0.763. The third-order valence-corrected chi connectivity index (χ3v) is 4.03. The van der Waals surface area contributed by atoms with E-state index in [9.17, 15) is 8.78 Å². The molecule has 1 saturated carbocycles. The maximum atomic E-state index is 13.3. The van der Waals surface area contributed by atoms with E-state index in [1.165, 1.54) is 12.1 Å². The van der Waals surface area contributed by atoms with Crippen LogP contribution >= 0.6 is 0 Å². The van der Waals surface area contributed by atoms with Gasteiger partial charge in [-0.1, -0.05) is 20.3 Å². The van der Waals surface area contributed by atoms with Crippen LogP contribution in [0.3, 0.4) is 0 Å². The van der Waals surface area contributed by atoms with Crippen LogP contribution in [0.5, 0.6) is 0 Å². The molecule has 0 amide bonds. The molecule has 0 bridgehead atoms. The van der Waals surface area contributed by atoms with E-state index >= 15 is 0 Å². The molecule has 0 aromatic heterocycles. The fraction of sp³-hybridized carbons (Fsp3) is 0.600. The molecular formula is C15H21F2N. The first-order chi connectivity index (χ1) is 8.62. The van der Waals surface area contributed by atoms with Crippen molar-refractivity contribution in [3.8, 4) is 0 Å². The molecule has 2 unspecified atom stereocenters. The van der Waals surface area contributed by atoms with Crippen molar-refractivity contribution in [2.24, 2.45) is 5.92 Å². The zero-order valence-corrected chi connectivity index (χ0v) is 11.1. The summed E-state index contributed by atoms with van der Waals surface area (Å²) in [6.07, 6.45) is 3.17. The van der Waals surface area contributed by atoms with E-state index in [0.29, 0.717) is 5.92 Å². The highest BCUT2D eigenvalue weighted by molar-refractivity contribution is 5.35. The fourth-order valence-electron chi connectivity index (χ4n) is 2.92. The van der Waals surface area contributed by atoms with Gasteiger partial charge in [0, 0.05) is 18.0 Å². The van der Waals surface area contributed by atoms with Crippen LogP contribution in [-0.2, 0) is 5.41 Å². The molecular weight excluding hydrogens is 232 g/mol. The standard InChI is InChI=1S/C15H21F2N/c1-3-5-18-10-15(9-11(15)4-2)12-6-13(16)8-14(17)7-12/h6-8,11,18H,3-5,9-10H2,1-2H3. The van der Waals surface area contributed by atoms with E-state index in [1.54, 1.807) is 0 Å². The summed E-state index contributed by atoms with van der Waals surface area (Å²) in [6, 6.07) is 3.93. The Bertz CT molecular complexity index is 399. The molecule has 18 heavy (non-hydrogen) atoms. The predicted octanol–water partition coefficient (Wildman–Crippen LogP) is 3.63. The normalized spacial score (nSPS) is 26.3. The van der Waals surface area contributed by atoms with Crippen molar-refractivity contribution in [1.82, 2.24) is 5.32 Å². The Labute approximate surface area is 108 Å². The van der Waals surface area contributed by atoms with Crippen LogP contribution in [0.1, 0.15) is 38.7 Å². The van der Waals surface area contributed by atoms with E-state index in [-0.39, 0.29) is 5.41 Å². The van der Waals surface area contributed by atoms with Crippen molar-refractivity contribution >= 4 is 0 Å². The van der Waals surface area contributed by atoms with E-state index < -0.39 is 11.6 Å². The van der Waals surface area contributed by atoms with Gasteiger partial charge in [-0.15, -0.1) is 0 Å². The summed E-state index contributed by atoms with van der Waals surface area (Å²) in [5.74, 6) is -0.397. The first-order valence-corrected chi connectivity index (χ1v) is 6.79. The minimum Gasteiger partial charge on any atom is -0.316 e. The van der Waals surface area contributed by atoms with Crippen LogP contribution in [0.2, 0.25) is 0 Å². The number of nitrogens with one attached hydrogen (secondary N) is 1. The predicted molar refractivity (Wildman–Crippen MR) is 69.6 cm³/mol. The molecule has 0 heterocycles. The van der Waals surface area contributed by atoms with E-state index in [0.717, 1.165) is 44.0 Å². The van der Waals surface area contributed by atoms with Crippen LogP contribution in [0.4, 0.5) is 8.78 Å². The summed E-state index contributed by atoms with van der Waals surface area (Å²) < 4.78 is 26.7. The SMILES string of the molecule is CCCNCC1(c2cc(F)cc(F)c2)CC1CC. The Morgan fingerprint density at radius 3 is 2.39 bits per heavy atom. The fourth-order valence-corrected chi connectivity index (χ4v) is 2.92. The van der Waals surface area contributed by atoms with Gasteiger partial charge in [0.2, 0.25) is 0 Å². The van der Waals surface area contributed by atoms with Crippen LogP contribution in [0.15, 0.2) is 18.2 Å². The Kier molecular flexibility index (Phi) is 4.00. The third kappa shape index (κ3) is 2.56. The number of hydrogen-bond donors (Lipinski definition) is 1. The van der Waals surface area contributed by atoms with Crippen LogP contribution in [0.25, 0.3) is 0 Å². The average molecular weight is 253 g/mol. The maximum absolute atomic E-state index is 13.3. The topological polar surface area (TPSA) is 12.0 Å². The first kappa shape index (κ1) is 13.5. The zero-order chi connectivity index (χ0) is 13.2. The molecule has 2 atom stereocenters. The molecule has 1 aromatic carbocycles. The lowest BCUT2D eigenvalue weighted by molar-refractivity contribution is 0.511. The molecule has 0 aliphatic heterocycles. The van der Waals surface area contributed by atoms with Gasteiger partial charge >= 0.3 is 0 Å². The highest BCUT2D eigenvalue weighted by Crippen LogP contribution is 2.55. The molecule has 1 nitrogen and oxygen atoms in total. The number of benzene rings is 1. The molecule has 0 spiro atoms. The highest BCUT2D eigenvalue weighted by atomic mass is 19.1. The Morgan fingerprint density at radius 1 is 1.22 bits per heavy atom. The second kappa shape index (κ2) is 5.35. The summed E-state index contributed by atoms with van der Waals surface area (Å²) in [5.41, 5.74) is 0.766. The third-order valence-electron chi connectivity index (χ3n) is 4.03. The van der Waals surface area contributed by atoms with E-state index in [4.69, 9.17) is 0 Å². The summed E-state index contributed by atoms with van der Waals surface area (Å²) in [7, 11) is 0. The van der Waals surface area contributed by atoms with Gasteiger partial charge in [0.1, 0.15) is 11.6 Å². The Balaban J connectivity index is 2.19. The summed E-state index contributed by atoms with van der Waals surface area (Å²) in [6.45, 7) is 6.03. The molecule has 0 radical (unpaired) electrons. The Hall–Kier alpha value is -0.960. The lowest BCUT2D eigenvalue weighted by atomic mass is 9.92. The summed E-state index contributed by atoms with van der Waals surface area (Å²) in [5, 5.41) is 3.39. The van der Waals surface area contributed by atoms with Crippen molar-refractivity contribution < 1.29 is 8.78 Å².